The summed E-state index contributed by atoms with van der Waals surface area (Å²) >= 11 is 1.29. The first kappa shape index (κ1) is 21.3. The van der Waals surface area contributed by atoms with Crippen LogP contribution < -0.4 is 10.5 Å². The molecule has 0 unspecified atom stereocenters. The second-order valence-corrected chi connectivity index (χ2v) is 8.58. The molecule has 3 aromatic rings. The van der Waals surface area contributed by atoms with Crippen LogP contribution in [-0.2, 0) is 11.3 Å². The van der Waals surface area contributed by atoms with Crippen LogP contribution in [0.25, 0.3) is 10.9 Å². The van der Waals surface area contributed by atoms with Gasteiger partial charge in [-0.15, -0.1) is 0 Å². The summed E-state index contributed by atoms with van der Waals surface area (Å²) in [5.41, 5.74) is 1.91. The minimum Gasteiger partial charge on any atom is -0.312 e. The Balaban J connectivity index is 1.57. The summed E-state index contributed by atoms with van der Waals surface area (Å²) in [6, 6.07) is 14.5. The van der Waals surface area contributed by atoms with Gasteiger partial charge in [-0.05, 0) is 37.1 Å². The number of benzene rings is 2. The predicted octanol–water partition coefficient (Wildman–Crippen LogP) is 4.30. The lowest BCUT2D eigenvalue weighted by Crippen LogP contribution is -2.24. The van der Waals surface area contributed by atoms with Gasteiger partial charge in [0, 0.05) is 30.8 Å². The lowest BCUT2D eigenvalue weighted by Gasteiger charge is -2.16. The first-order valence-electron chi connectivity index (χ1n) is 10.6. The number of hydrogen-bond donors (Lipinski definition) is 0. The van der Waals surface area contributed by atoms with Crippen molar-refractivity contribution in [3.63, 3.8) is 0 Å². The number of para-hydroxylation sites is 1. The Morgan fingerprint density at radius 1 is 1.13 bits per heavy atom. The van der Waals surface area contributed by atoms with Crippen LogP contribution in [0.1, 0.15) is 43.0 Å². The molecule has 0 radical (unpaired) electrons. The molecule has 31 heavy (non-hydrogen) atoms. The number of thioether (sulfide) groups is 1. The molecular formula is C24H25N3O3S. The molecule has 0 saturated carbocycles. The maximum Gasteiger partial charge on any atom is 0.262 e. The Hall–Kier alpha value is -2.93. The minimum absolute atomic E-state index is 0.0528. The maximum atomic E-state index is 13.0. The quantitative estimate of drug-likeness (QED) is 0.300. The highest BCUT2D eigenvalue weighted by Crippen LogP contribution is 2.24. The van der Waals surface area contributed by atoms with Crippen molar-refractivity contribution in [2.24, 2.45) is 0 Å². The summed E-state index contributed by atoms with van der Waals surface area (Å²) in [6.07, 6.45) is 3.23. The fraction of sp³-hybridized carbons (Fsp3) is 0.333. The van der Waals surface area contributed by atoms with E-state index in [1.165, 1.54) is 11.8 Å². The van der Waals surface area contributed by atoms with Crippen molar-refractivity contribution in [3.8, 4) is 0 Å². The highest BCUT2D eigenvalue weighted by Gasteiger charge is 2.22. The van der Waals surface area contributed by atoms with Crippen molar-refractivity contribution in [2.45, 2.75) is 44.3 Å². The smallest absolute Gasteiger partial charge is 0.262 e. The Morgan fingerprint density at radius 2 is 1.97 bits per heavy atom. The Labute approximate surface area is 185 Å². The van der Waals surface area contributed by atoms with E-state index in [-0.39, 0.29) is 23.0 Å². The highest BCUT2D eigenvalue weighted by molar-refractivity contribution is 7.99. The van der Waals surface area contributed by atoms with Gasteiger partial charge in [0.15, 0.2) is 10.9 Å². The number of hydrogen-bond acceptors (Lipinski definition) is 5. The predicted molar refractivity (Wildman–Crippen MR) is 124 cm³/mol. The van der Waals surface area contributed by atoms with Gasteiger partial charge in [-0.1, -0.05) is 49.4 Å². The van der Waals surface area contributed by atoms with Gasteiger partial charge < -0.3 is 4.90 Å². The number of nitrogens with zero attached hydrogens (tertiary/aromatic N) is 3. The molecule has 160 valence electrons. The van der Waals surface area contributed by atoms with Crippen LogP contribution in [0, 0.1) is 0 Å². The number of rotatable bonds is 8. The molecule has 4 rings (SSSR count). The Morgan fingerprint density at radius 3 is 2.74 bits per heavy atom. The fourth-order valence-electron chi connectivity index (χ4n) is 3.75. The number of unbranched alkanes of at least 4 members (excludes halogenated alkanes) is 1. The topological polar surface area (TPSA) is 72.3 Å². The van der Waals surface area contributed by atoms with Crippen molar-refractivity contribution >= 4 is 40.0 Å². The van der Waals surface area contributed by atoms with E-state index in [1.54, 1.807) is 27.7 Å². The summed E-state index contributed by atoms with van der Waals surface area (Å²) < 4.78 is 1.68. The number of fused-ring (bicyclic) bond motifs is 1. The molecule has 0 aliphatic carbocycles. The van der Waals surface area contributed by atoms with Gasteiger partial charge in [0.2, 0.25) is 5.91 Å². The van der Waals surface area contributed by atoms with Gasteiger partial charge in [-0.3, -0.25) is 19.0 Å². The molecule has 0 bridgehead atoms. The summed E-state index contributed by atoms with van der Waals surface area (Å²) in [6.45, 7) is 3.35. The van der Waals surface area contributed by atoms with E-state index >= 15 is 0 Å². The molecule has 1 saturated heterocycles. The molecule has 0 atom stereocenters. The standard InChI is InChI=1S/C24H25N3O3S/c1-2-3-13-27-23(30)19-10-4-5-11-20(19)25-24(27)31-16-21(28)17-8-6-9-18(15-17)26-14-7-12-22(26)29/h4-6,8-11,15H,2-3,7,12-14,16H2,1H3. The molecule has 7 heteroatoms. The van der Waals surface area contributed by atoms with Crippen LogP contribution in [0.4, 0.5) is 5.69 Å². The normalized spacial score (nSPS) is 13.8. The Bertz CT molecular complexity index is 1190. The zero-order chi connectivity index (χ0) is 21.8. The number of carbonyl (C=O) groups excluding carboxylic acids is 2. The molecule has 1 fully saturated rings. The SMILES string of the molecule is CCCCn1c(SCC(=O)c2cccc(N3CCCC3=O)c2)nc2ccccc2c1=O. The number of aromatic nitrogens is 2. The molecule has 1 aromatic heterocycles. The lowest BCUT2D eigenvalue weighted by molar-refractivity contribution is -0.117. The van der Waals surface area contributed by atoms with Crippen molar-refractivity contribution in [3.05, 3.63) is 64.4 Å². The maximum absolute atomic E-state index is 13.0. The van der Waals surface area contributed by atoms with Gasteiger partial charge in [-0.2, -0.15) is 0 Å². The van der Waals surface area contributed by atoms with Crippen molar-refractivity contribution < 1.29 is 9.59 Å². The molecule has 2 heterocycles. The van der Waals surface area contributed by atoms with Crippen molar-refractivity contribution in [2.75, 3.05) is 17.2 Å². The van der Waals surface area contributed by atoms with Crippen LogP contribution in [0.3, 0.4) is 0 Å². The van der Waals surface area contributed by atoms with Crippen LogP contribution in [0.5, 0.6) is 0 Å². The molecule has 2 aromatic carbocycles. The van der Waals surface area contributed by atoms with E-state index in [4.69, 9.17) is 0 Å². The molecule has 1 amide bonds. The molecule has 1 aliphatic heterocycles. The van der Waals surface area contributed by atoms with E-state index in [9.17, 15) is 14.4 Å². The zero-order valence-electron chi connectivity index (χ0n) is 17.5. The van der Waals surface area contributed by atoms with Gasteiger partial charge in [-0.25, -0.2) is 4.98 Å². The van der Waals surface area contributed by atoms with E-state index in [0.717, 1.165) is 24.9 Å². The van der Waals surface area contributed by atoms with Crippen LogP contribution in [0.2, 0.25) is 0 Å². The van der Waals surface area contributed by atoms with E-state index in [0.29, 0.717) is 41.1 Å². The third-order valence-corrected chi connectivity index (χ3v) is 6.42. The van der Waals surface area contributed by atoms with Crippen LogP contribution in [-0.4, -0.2) is 33.5 Å². The largest absolute Gasteiger partial charge is 0.312 e. The van der Waals surface area contributed by atoms with Gasteiger partial charge >= 0.3 is 0 Å². The number of ketones is 1. The van der Waals surface area contributed by atoms with Crippen LogP contribution in [0.15, 0.2) is 58.5 Å². The zero-order valence-corrected chi connectivity index (χ0v) is 18.4. The van der Waals surface area contributed by atoms with E-state index in [1.807, 2.05) is 30.3 Å². The lowest BCUT2D eigenvalue weighted by atomic mass is 10.1. The second-order valence-electron chi connectivity index (χ2n) is 7.63. The van der Waals surface area contributed by atoms with E-state index in [2.05, 4.69) is 11.9 Å². The van der Waals surface area contributed by atoms with Gasteiger partial charge in [0.25, 0.3) is 5.56 Å². The van der Waals surface area contributed by atoms with Crippen molar-refractivity contribution in [1.82, 2.24) is 9.55 Å². The molecular weight excluding hydrogens is 410 g/mol. The first-order valence-corrected chi connectivity index (χ1v) is 11.6. The number of Topliss-reactive ketones (excluding diaryl/α,β-unsaturated/α-hetero) is 1. The summed E-state index contributed by atoms with van der Waals surface area (Å²) in [5, 5.41) is 1.16. The number of anilines is 1. The second kappa shape index (κ2) is 9.47. The summed E-state index contributed by atoms with van der Waals surface area (Å²) in [5.74, 6) is 0.219. The summed E-state index contributed by atoms with van der Waals surface area (Å²) in [7, 11) is 0. The molecule has 0 spiro atoms. The molecule has 6 nitrogen and oxygen atoms in total. The molecule has 1 aliphatic rings. The first-order chi connectivity index (χ1) is 15.1. The summed E-state index contributed by atoms with van der Waals surface area (Å²) in [4.78, 5) is 44.3. The average molecular weight is 436 g/mol. The van der Waals surface area contributed by atoms with Gasteiger partial charge in [0.05, 0.1) is 16.7 Å². The van der Waals surface area contributed by atoms with Gasteiger partial charge in [0.1, 0.15) is 0 Å². The van der Waals surface area contributed by atoms with E-state index < -0.39 is 0 Å². The Kier molecular flexibility index (Phi) is 6.51. The number of amides is 1. The third-order valence-electron chi connectivity index (χ3n) is 5.45. The average Bonchev–Trinajstić information content (AvgIpc) is 3.23. The van der Waals surface area contributed by atoms with Crippen molar-refractivity contribution in [1.29, 1.82) is 0 Å². The highest BCUT2D eigenvalue weighted by atomic mass is 32.2. The number of carbonyl (C=O) groups is 2. The van der Waals surface area contributed by atoms with Crippen LogP contribution >= 0.6 is 11.8 Å². The fourth-order valence-corrected chi connectivity index (χ4v) is 4.67. The molecule has 0 N–H and O–H groups in total. The monoisotopic (exact) mass is 435 g/mol. The third kappa shape index (κ3) is 4.56. The minimum atomic E-state index is -0.0662.